The summed E-state index contributed by atoms with van der Waals surface area (Å²) in [5.41, 5.74) is 3.98. The number of halogens is 1. The topological polar surface area (TPSA) is 72.7 Å². The number of thiazole rings is 1. The highest BCUT2D eigenvalue weighted by Crippen LogP contribution is 2.26. The van der Waals surface area contributed by atoms with Crippen LogP contribution < -0.4 is 5.32 Å². The normalized spacial score (nSPS) is 11.0. The first-order chi connectivity index (χ1) is 12.6. The summed E-state index contributed by atoms with van der Waals surface area (Å²) in [6.45, 7) is 2.74. The van der Waals surface area contributed by atoms with E-state index >= 15 is 0 Å². The van der Waals surface area contributed by atoms with Crippen molar-refractivity contribution in [3.05, 3.63) is 57.9 Å². The Morgan fingerprint density at radius 1 is 1.23 bits per heavy atom. The molecule has 0 saturated carbocycles. The summed E-state index contributed by atoms with van der Waals surface area (Å²) in [7, 11) is 0. The Balaban J connectivity index is 1.54. The Hall–Kier alpha value is -2.58. The lowest BCUT2D eigenvalue weighted by Gasteiger charge is -2.02. The number of hydrogen-bond acceptors (Lipinski definition) is 5. The summed E-state index contributed by atoms with van der Waals surface area (Å²) < 4.78 is 2.81. The molecule has 2 aromatic carbocycles. The Morgan fingerprint density at radius 3 is 2.81 bits per heavy atom. The van der Waals surface area contributed by atoms with Crippen LogP contribution in [0.3, 0.4) is 0 Å². The fourth-order valence-corrected chi connectivity index (χ4v) is 3.58. The van der Waals surface area contributed by atoms with E-state index < -0.39 is 0 Å². The number of nitrogens with zero attached hydrogens (tertiary/aromatic N) is 4. The van der Waals surface area contributed by atoms with Crippen LogP contribution in [0.4, 0.5) is 5.13 Å². The minimum Gasteiger partial charge on any atom is -0.298 e. The lowest BCUT2D eigenvalue weighted by atomic mass is 10.2. The van der Waals surface area contributed by atoms with Gasteiger partial charge in [-0.3, -0.25) is 10.1 Å². The molecule has 0 unspecified atom stereocenters. The van der Waals surface area contributed by atoms with E-state index in [1.165, 1.54) is 11.3 Å². The number of aromatic nitrogens is 4. The summed E-state index contributed by atoms with van der Waals surface area (Å²) in [5, 5.41) is 13.5. The first kappa shape index (κ1) is 16.9. The molecule has 0 atom stereocenters. The average Bonchev–Trinajstić information content (AvgIpc) is 3.28. The van der Waals surface area contributed by atoms with Crippen molar-refractivity contribution in [3.8, 4) is 11.3 Å². The average molecular weight is 428 g/mol. The van der Waals surface area contributed by atoms with Gasteiger partial charge in [0.05, 0.1) is 11.2 Å². The van der Waals surface area contributed by atoms with Crippen LogP contribution in [0, 0.1) is 0 Å². The summed E-state index contributed by atoms with van der Waals surface area (Å²) >= 11 is 4.82. The van der Waals surface area contributed by atoms with Gasteiger partial charge in [-0.15, -0.1) is 16.4 Å². The number of carbonyl (C=O) groups is 1. The maximum absolute atomic E-state index is 12.5. The second kappa shape index (κ2) is 6.97. The van der Waals surface area contributed by atoms with Gasteiger partial charge in [0, 0.05) is 27.5 Å². The summed E-state index contributed by atoms with van der Waals surface area (Å²) in [6, 6.07) is 13.3. The van der Waals surface area contributed by atoms with Crippen molar-refractivity contribution >= 4 is 49.3 Å². The number of amides is 1. The zero-order chi connectivity index (χ0) is 18.1. The standard InChI is InChI=1S/C18H14BrN5OS/c1-2-24-16-8-5-12(9-14(16)22-23-24)17(25)21-18-20-15(10-26-18)11-3-6-13(19)7-4-11/h3-10H,2H2,1H3,(H,20,21,25). The first-order valence-corrected chi connectivity index (χ1v) is 9.67. The van der Waals surface area contributed by atoms with Crippen molar-refractivity contribution in [2.45, 2.75) is 13.5 Å². The third-order valence-electron chi connectivity index (χ3n) is 3.94. The number of rotatable bonds is 4. The molecule has 26 heavy (non-hydrogen) atoms. The number of carbonyl (C=O) groups excluding carboxylic acids is 1. The van der Waals surface area contributed by atoms with Crippen molar-refractivity contribution < 1.29 is 4.79 Å². The van der Waals surface area contributed by atoms with Crippen molar-refractivity contribution in [1.82, 2.24) is 20.0 Å². The maximum atomic E-state index is 12.5. The number of fused-ring (bicyclic) bond motifs is 1. The van der Waals surface area contributed by atoms with Gasteiger partial charge in [-0.05, 0) is 37.3 Å². The van der Waals surface area contributed by atoms with E-state index in [0.717, 1.165) is 27.8 Å². The third-order valence-corrected chi connectivity index (χ3v) is 5.23. The highest BCUT2D eigenvalue weighted by molar-refractivity contribution is 9.10. The number of nitrogens with one attached hydrogen (secondary N) is 1. The van der Waals surface area contributed by atoms with E-state index in [4.69, 9.17) is 0 Å². The van der Waals surface area contributed by atoms with Gasteiger partial charge in [-0.25, -0.2) is 9.67 Å². The molecule has 0 radical (unpaired) electrons. The van der Waals surface area contributed by atoms with E-state index in [0.29, 0.717) is 16.2 Å². The molecule has 4 aromatic rings. The van der Waals surface area contributed by atoms with E-state index in [-0.39, 0.29) is 5.91 Å². The molecule has 2 aromatic heterocycles. The predicted octanol–water partition coefficient (Wildman–Crippen LogP) is 4.59. The lowest BCUT2D eigenvalue weighted by Crippen LogP contribution is -2.11. The van der Waals surface area contributed by atoms with Crippen molar-refractivity contribution in [2.24, 2.45) is 0 Å². The van der Waals surface area contributed by atoms with Crippen LogP contribution in [0.25, 0.3) is 22.3 Å². The molecule has 130 valence electrons. The molecule has 4 rings (SSSR count). The molecule has 0 bridgehead atoms. The van der Waals surface area contributed by atoms with Gasteiger partial charge in [0.15, 0.2) is 5.13 Å². The van der Waals surface area contributed by atoms with Crippen molar-refractivity contribution in [3.63, 3.8) is 0 Å². The Labute approximate surface area is 162 Å². The van der Waals surface area contributed by atoms with Gasteiger partial charge in [0.2, 0.25) is 0 Å². The van der Waals surface area contributed by atoms with Crippen LogP contribution in [0.1, 0.15) is 17.3 Å². The summed E-state index contributed by atoms with van der Waals surface area (Å²) in [5.74, 6) is -0.213. The van der Waals surface area contributed by atoms with Gasteiger partial charge in [0.25, 0.3) is 5.91 Å². The number of aryl methyl sites for hydroxylation is 1. The smallest absolute Gasteiger partial charge is 0.257 e. The highest BCUT2D eigenvalue weighted by atomic mass is 79.9. The molecule has 0 aliphatic carbocycles. The molecule has 0 fully saturated rings. The Morgan fingerprint density at radius 2 is 2.04 bits per heavy atom. The van der Waals surface area contributed by atoms with Gasteiger partial charge in [-0.1, -0.05) is 33.3 Å². The fraction of sp³-hybridized carbons (Fsp3) is 0.111. The van der Waals surface area contributed by atoms with E-state index in [2.05, 4.69) is 36.5 Å². The van der Waals surface area contributed by atoms with Gasteiger partial charge < -0.3 is 0 Å². The zero-order valence-electron chi connectivity index (χ0n) is 13.8. The maximum Gasteiger partial charge on any atom is 0.257 e. The molecule has 0 aliphatic rings. The van der Waals surface area contributed by atoms with Gasteiger partial charge >= 0.3 is 0 Å². The molecular formula is C18H14BrN5OS. The summed E-state index contributed by atoms with van der Waals surface area (Å²) in [6.07, 6.45) is 0. The SMILES string of the molecule is CCn1nnc2cc(C(=O)Nc3nc(-c4ccc(Br)cc4)cs3)ccc21. The molecule has 1 amide bonds. The molecule has 6 nitrogen and oxygen atoms in total. The molecule has 0 aliphatic heterocycles. The predicted molar refractivity (Wildman–Crippen MR) is 106 cm³/mol. The quantitative estimate of drug-likeness (QED) is 0.516. The van der Waals surface area contributed by atoms with Crippen LogP contribution in [-0.2, 0) is 6.54 Å². The van der Waals surface area contributed by atoms with Crippen LogP contribution >= 0.6 is 27.3 Å². The second-order valence-electron chi connectivity index (χ2n) is 5.61. The monoisotopic (exact) mass is 427 g/mol. The third kappa shape index (κ3) is 3.25. The van der Waals surface area contributed by atoms with Crippen LogP contribution in [0.2, 0.25) is 0 Å². The zero-order valence-corrected chi connectivity index (χ0v) is 16.2. The minimum atomic E-state index is -0.213. The fourth-order valence-electron chi connectivity index (χ4n) is 2.60. The molecule has 0 saturated heterocycles. The van der Waals surface area contributed by atoms with E-state index in [1.54, 1.807) is 16.8 Å². The highest BCUT2D eigenvalue weighted by Gasteiger charge is 2.12. The molecule has 8 heteroatoms. The Kier molecular flexibility index (Phi) is 4.52. The largest absolute Gasteiger partial charge is 0.298 e. The van der Waals surface area contributed by atoms with Crippen LogP contribution in [0.5, 0.6) is 0 Å². The van der Waals surface area contributed by atoms with Gasteiger partial charge in [0.1, 0.15) is 5.52 Å². The van der Waals surface area contributed by atoms with Crippen molar-refractivity contribution in [2.75, 3.05) is 5.32 Å². The second-order valence-corrected chi connectivity index (χ2v) is 7.38. The van der Waals surface area contributed by atoms with Crippen LogP contribution in [-0.4, -0.2) is 25.9 Å². The molecule has 2 heterocycles. The Bertz CT molecular complexity index is 1090. The van der Waals surface area contributed by atoms with E-state index in [9.17, 15) is 4.79 Å². The number of benzene rings is 2. The molecular weight excluding hydrogens is 414 g/mol. The molecule has 0 spiro atoms. The number of anilines is 1. The first-order valence-electron chi connectivity index (χ1n) is 8.00. The van der Waals surface area contributed by atoms with Crippen LogP contribution in [0.15, 0.2) is 52.3 Å². The van der Waals surface area contributed by atoms with Crippen molar-refractivity contribution in [1.29, 1.82) is 0 Å². The summed E-state index contributed by atoms with van der Waals surface area (Å²) in [4.78, 5) is 17.0. The van der Waals surface area contributed by atoms with E-state index in [1.807, 2.05) is 42.6 Å². The van der Waals surface area contributed by atoms with Gasteiger partial charge in [-0.2, -0.15) is 0 Å². The number of hydrogen-bond donors (Lipinski definition) is 1. The molecule has 1 N–H and O–H groups in total. The lowest BCUT2D eigenvalue weighted by molar-refractivity contribution is 0.102. The minimum absolute atomic E-state index is 0.213.